The Morgan fingerprint density at radius 1 is 1.32 bits per heavy atom. The summed E-state index contributed by atoms with van der Waals surface area (Å²) in [4.78, 5) is 4.61. The van der Waals surface area contributed by atoms with Crippen LogP contribution in [0.2, 0.25) is 0 Å². The predicted molar refractivity (Wildman–Crippen MR) is 72.3 cm³/mol. The molecule has 0 aliphatic rings. The lowest BCUT2D eigenvalue weighted by Gasteiger charge is -2.03. The summed E-state index contributed by atoms with van der Waals surface area (Å²) in [5.74, 6) is 0.841. The van der Waals surface area contributed by atoms with E-state index in [2.05, 4.69) is 27.6 Å². The van der Waals surface area contributed by atoms with Crippen molar-refractivity contribution in [2.24, 2.45) is 7.05 Å². The summed E-state index contributed by atoms with van der Waals surface area (Å²) in [5, 5.41) is 13.3. The van der Waals surface area contributed by atoms with Crippen LogP contribution >= 0.6 is 0 Å². The van der Waals surface area contributed by atoms with E-state index in [9.17, 15) is 0 Å². The fourth-order valence-electron chi connectivity index (χ4n) is 2.25. The Kier molecular flexibility index (Phi) is 2.57. The molecular formula is C14H13N5. The predicted octanol–water partition coefficient (Wildman–Crippen LogP) is 2.33. The average molecular weight is 251 g/mol. The lowest BCUT2D eigenvalue weighted by atomic mass is 10.2. The van der Waals surface area contributed by atoms with Gasteiger partial charge >= 0.3 is 0 Å². The van der Waals surface area contributed by atoms with Crippen molar-refractivity contribution in [3.63, 3.8) is 0 Å². The molecule has 0 saturated heterocycles. The second-order valence-corrected chi connectivity index (χ2v) is 4.37. The fourth-order valence-corrected chi connectivity index (χ4v) is 2.25. The second kappa shape index (κ2) is 4.25. The molecule has 3 aromatic rings. The summed E-state index contributed by atoms with van der Waals surface area (Å²) in [7, 11) is 1.89. The van der Waals surface area contributed by atoms with Crippen molar-refractivity contribution < 1.29 is 0 Å². The summed E-state index contributed by atoms with van der Waals surface area (Å²) < 4.78 is 3.87. The molecule has 1 aromatic carbocycles. The molecule has 2 aromatic heterocycles. The van der Waals surface area contributed by atoms with Crippen molar-refractivity contribution in [1.82, 2.24) is 19.3 Å². The van der Waals surface area contributed by atoms with Gasteiger partial charge in [0.25, 0.3) is 0 Å². The monoisotopic (exact) mass is 251 g/mol. The molecule has 0 aliphatic heterocycles. The van der Waals surface area contributed by atoms with Gasteiger partial charge in [0, 0.05) is 19.8 Å². The zero-order valence-corrected chi connectivity index (χ0v) is 10.8. The van der Waals surface area contributed by atoms with Gasteiger partial charge in [-0.3, -0.25) is 4.68 Å². The van der Waals surface area contributed by atoms with Gasteiger partial charge in [-0.25, -0.2) is 4.98 Å². The number of hydrogen-bond acceptors (Lipinski definition) is 3. The summed E-state index contributed by atoms with van der Waals surface area (Å²) in [5.41, 5.74) is 3.34. The highest BCUT2D eigenvalue weighted by atomic mass is 15.3. The van der Waals surface area contributed by atoms with Crippen molar-refractivity contribution in [3.05, 3.63) is 36.0 Å². The molecule has 5 heteroatoms. The third-order valence-electron chi connectivity index (χ3n) is 3.14. The van der Waals surface area contributed by atoms with Crippen LogP contribution in [0.15, 0.2) is 30.5 Å². The van der Waals surface area contributed by atoms with E-state index >= 15 is 0 Å². The van der Waals surface area contributed by atoms with E-state index in [-0.39, 0.29) is 0 Å². The molecule has 5 nitrogen and oxygen atoms in total. The van der Waals surface area contributed by atoms with Crippen LogP contribution in [0, 0.1) is 11.3 Å². The molecule has 0 saturated carbocycles. The Bertz CT molecular complexity index is 788. The van der Waals surface area contributed by atoms with Crippen LogP contribution in [-0.2, 0) is 13.6 Å². The molecule has 3 rings (SSSR count). The maximum atomic E-state index is 8.95. The van der Waals surface area contributed by atoms with Crippen molar-refractivity contribution in [1.29, 1.82) is 5.26 Å². The van der Waals surface area contributed by atoms with Gasteiger partial charge in [-0.05, 0) is 31.2 Å². The van der Waals surface area contributed by atoms with Gasteiger partial charge in [-0.2, -0.15) is 10.4 Å². The molecule has 0 bridgehead atoms. The van der Waals surface area contributed by atoms with Crippen LogP contribution in [0.3, 0.4) is 0 Å². The van der Waals surface area contributed by atoms with Gasteiger partial charge in [0.05, 0.1) is 22.7 Å². The molecular weight excluding hydrogens is 238 g/mol. The third-order valence-corrected chi connectivity index (χ3v) is 3.14. The minimum Gasteiger partial charge on any atom is -0.323 e. The SMILES string of the molecule is CCn1c(-c2ccn(C)n2)nc2cc(C#N)ccc21. The Hall–Kier alpha value is -2.61. The number of aryl methyl sites for hydroxylation is 2. The quantitative estimate of drug-likeness (QED) is 0.702. The highest BCUT2D eigenvalue weighted by Crippen LogP contribution is 2.24. The number of nitrogens with zero attached hydrogens (tertiary/aromatic N) is 5. The number of rotatable bonds is 2. The van der Waals surface area contributed by atoms with Gasteiger partial charge in [0.2, 0.25) is 0 Å². The minimum absolute atomic E-state index is 0.626. The molecule has 2 heterocycles. The van der Waals surface area contributed by atoms with Gasteiger partial charge in [0.1, 0.15) is 5.69 Å². The standard InChI is InChI=1S/C14H13N5/c1-3-19-13-5-4-10(9-15)8-12(13)16-14(19)11-6-7-18(2)17-11/h4-8H,3H2,1-2H3. The molecule has 0 N–H and O–H groups in total. The van der Waals surface area contributed by atoms with Gasteiger partial charge in [-0.1, -0.05) is 0 Å². The molecule has 0 radical (unpaired) electrons. The normalized spacial score (nSPS) is 10.8. The molecule has 0 spiro atoms. The lowest BCUT2D eigenvalue weighted by Crippen LogP contribution is -1.98. The van der Waals surface area contributed by atoms with Crippen LogP contribution in [0.5, 0.6) is 0 Å². The highest BCUT2D eigenvalue weighted by molar-refractivity contribution is 5.81. The van der Waals surface area contributed by atoms with Crippen LogP contribution in [0.1, 0.15) is 12.5 Å². The first-order chi connectivity index (χ1) is 9.22. The number of imidazole rings is 1. The smallest absolute Gasteiger partial charge is 0.161 e. The summed E-state index contributed by atoms with van der Waals surface area (Å²) in [6.07, 6.45) is 1.90. The van der Waals surface area contributed by atoms with E-state index in [1.54, 1.807) is 4.68 Å². The topological polar surface area (TPSA) is 59.4 Å². The van der Waals surface area contributed by atoms with Crippen LogP contribution in [-0.4, -0.2) is 19.3 Å². The first-order valence-corrected chi connectivity index (χ1v) is 6.13. The van der Waals surface area contributed by atoms with Crippen molar-refractivity contribution in [2.75, 3.05) is 0 Å². The van der Waals surface area contributed by atoms with E-state index in [0.717, 1.165) is 29.1 Å². The van der Waals surface area contributed by atoms with Crippen LogP contribution in [0.4, 0.5) is 0 Å². The van der Waals surface area contributed by atoms with Gasteiger partial charge in [-0.15, -0.1) is 0 Å². The first-order valence-electron chi connectivity index (χ1n) is 6.13. The first kappa shape index (κ1) is 11.5. The maximum absolute atomic E-state index is 8.95. The summed E-state index contributed by atoms with van der Waals surface area (Å²) >= 11 is 0. The number of fused-ring (bicyclic) bond motifs is 1. The Balaban J connectivity index is 2.27. The summed E-state index contributed by atoms with van der Waals surface area (Å²) in [6, 6.07) is 9.66. The molecule has 0 unspecified atom stereocenters. The number of aromatic nitrogens is 4. The van der Waals surface area contributed by atoms with Crippen LogP contribution < -0.4 is 0 Å². The van der Waals surface area contributed by atoms with E-state index in [0.29, 0.717) is 5.56 Å². The highest BCUT2D eigenvalue weighted by Gasteiger charge is 2.13. The molecule has 0 fully saturated rings. The molecule has 0 amide bonds. The van der Waals surface area contributed by atoms with E-state index in [1.165, 1.54) is 0 Å². The fraction of sp³-hybridized carbons (Fsp3) is 0.214. The molecule has 0 atom stereocenters. The largest absolute Gasteiger partial charge is 0.323 e. The Labute approximate surface area is 110 Å². The van der Waals surface area contributed by atoms with Crippen molar-refractivity contribution in [3.8, 4) is 17.6 Å². The third kappa shape index (κ3) is 1.78. The van der Waals surface area contributed by atoms with E-state index in [1.807, 2.05) is 37.5 Å². The lowest BCUT2D eigenvalue weighted by molar-refractivity contribution is 0.754. The molecule has 94 valence electrons. The Morgan fingerprint density at radius 2 is 2.16 bits per heavy atom. The second-order valence-electron chi connectivity index (χ2n) is 4.37. The van der Waals surface area contributed by atoms with Gasteiger partial charge < -0.3 is 4.57 Å². The zero-order chi connectivity index (χ0) is 13.4. The maximum Gasteiger partial charge on any atom is 0.161 e. The van der Waals surface area contributed by atoms with E-state index < -0.39 is 0 Å². The number of hydrogen-bond donors (Lipinski definition) is 0. The number of benzene rings is 1. The van der Waals surface area contributed by atoms with Crippen molar-refractivity contribution >= 4 is 11.0 Å². The van der Waals surface area contributed by atoms with Crippen molar-refractivity contribution in [2.45, 2.75) is 13.5 Å². The number of nitriles is 1. The van der Waals surface area contributed by atoms with Gasteiger partial charge in [0.15, 0.2) is 5.82 Å². The minimum atomic E-state index is 0.626. The van der Waals surface area contributed by atoms with Crippen LogP contribution in [0.25, 0.3) is 22.6 Å². The molecule has 0 aliphatic carbocycles. The molecule has 19 heavy (non-hydrogen) atoms. The average Bonchev–Trinajstić information content (AvgIpc) is 3.00. The Morgan fingerprint density at radius 3 is 2.79 bits per heavy atom. The zero-order valence-electron chi connectivity index (χ0n) is 10.8. The summed E-state index contributed by atoms with van der Waals surface area (Å²) in [6.45, 7) is 2.89. The van der Waals surface area contributed by atoms with E-state index in [4.69, 9.17) is 5.26 Å².